The highest BCUT2D eigenvalue weighted by molar-refractivity contribution is 7.91. The van der Waals surface area contributed by atoms with E-state index in [2.05, 4.69) is 5.32 Å². The first-order valence-electron chi connectivity index (χ1n) is 7.56. The van der Waals surface area contributed by atoms with Crippen molar-refractivity contribution in [3.05, 3.63) is 0 Å². The van der Waals surface area contributed by atoms with Crippen molar-refractivity contribution in [1.82, 2.24) is 5.32 Å². The van der Waals surface area contributed by atoms with Crippen molar-refractivity contribution in [2.75, 3.05) is 18.1 Å². The summed E-state index contributed by atoms with van der Waals surface area (Å²) in [5, 5.41) is 12.2. The van der Waals surface area contributed by atoms with Gasteiger partial charge in [-0.05, 0) is 19.3 Å². The third-order valence-electron chi connectivity index (χ3n) is 4.72. The Balaban J connectivity index is 1.96. The Labute approximate surface area is 125 Å². The molecular formula is C14H23NO5S. The number of aliphatic carboxylic acids is 1. The molecular weight excluding hydrogens is 294 g/mol. The van der Waals surface area contributed by atoms with Crippen molar-refractivity contribution in [2.45, 2.75) is 44.9 Å². The van der Waals surface area contributed by atoms with Crippen LogP contribution in [0.5, 0.6) is 0 Å². The minimum Gasteiger partial charge on any atom is -0.481 e. The predicted octanol–water partition coefficient (Wildman–Crippen LogP) is 0.962. The second kappa shape index (κ2) is 6.34. The van der Waals surface area contributed by atoms with Crippen LogP contribution in [0.25, 0.3) is 0 Å². The van der Waals surface area contributed by atoms with Crippen LogP contribution >= 0.6 is 0 Å². The lowest BCUT2D eigenvalue weighted by Gasteiger charge is -2.28. The van der Waals surface area contributed by atoms with Gasteiger partial charge in [-0.25, -0.2) is 8.42 Å². The average molecular weight is 317 g/mol. The Morgan fingerprint density at radius 1 is 1.14 bits per heavy atom. The standard InChI is InChI=1S/C14H23NO5S/c16-12(11-5-8-21(19,20)9-11)15-10-14(13(17)18)6-3-1-2-4-7-14/h11H,1-10H2,(H,15,16)(H,17,18). The second-order valence-electron chi connectivity index (χ2n) is 6.32. The van der Waals surface area contributed by atoms with Gasteiger partial charge in [0.1, 0.15) is 0 Å². The number of rotatable bonds is 4. The van der Waals surface area contributed by atoms with E-state index in [4.69, 9.17) is 0 Å². The highest BCUT2D eigenvalue weighted by atomic mass is 32.2. The van der Waals surface area contributed by atoms with Crippen LogP contribution in [-0.4, -0.2) is 43.5 Å². The van der Waals surface area contributed by atoms with E-state index in [9.17, 15) is 23.1 Å². The van der Waals surface area contributed by atoms with Gasteiger partial charge < -0.3 is 10.4 Å². The minimum atomic E-state index is -3.10. The van der Waals surface area contributed by atoms with Gasteiger partial charge >= 0.3 is 5.97 Å². The van der Waals surface area contributed by atoms with Crippen molar-refractivity contribution < 1.29 is 23.1 Å². The van der Waals surface area contributed by atoms with Gasteiger partial charge in [-0.2, -0.15) is 0 Å². The Morgan fingerprint density at radius 2 is 1.76 bits per heavy atom. The number of carboxylic acids is 1. The highest BCUT2D eigenvalue weighted by Gasteiger charge is 2.40. The van der Waals surface area contributed by atoms with E-state index in [0.29, 0.717) is 19.3 Å². The molecule has 21 heavy (non-hydrogen) atoms. The fraction of sp³-hybridized carbons (Fsp3) is 0.857. The largest absolute Gasteiger partial charge is 0.481 e. The van der Waals surface area contributed by atoms with Gasteiger partial charge in [0.05, 0.1) is 22.8 Å². The van der Waals surface area contributed by atoms with E-state index in [-0.39, 0.29) is 24.0 Å². The maximum Gasteiger partial charge on any atom is 0.311 e. The first kappa shape index (κ1) is 16.3. The summed E-state index contributed by atoms with van der Waals surface area (Å²) in [6.45, 7) is 0.109. The zero-order chi connectivity index (χ0) is 15.5. The van der Waals surface area contributed by atoms with Gasteiger partial charge in [0.25, 0.3) is 0 Å². The van der Waals surface area contributed by atoms with Crippen molar-refractivity contribution in [2.24, 2.45) is 11.3 Å². The number of sulfone groups is 1. The van der Waals surface area contributed by atoms with E-state index in [1.807, 2.05) is 0 Å². The molecule has 2 rings (SSSR count). The van der Waals surface area contributed by atoms with Gasteiger partial charge in [0.2, 0.25) is 5.91 Å². The van der Waals surface area contributed by atoms with Crippen LogP contribution in [0.3, 0.4) is 0 Å². The maximum atomic E-state index is 12.1. The molecule has 1 aliphatic carbocycles. The Hall–Kier alpha value is -1.11. The Bertz CT molecular complexity index is 505. The molecule has 7 heteroatoms. The summed E-state index contributed by atoms with van der Waals surface area (Å²) in [5.74, 6) is -1.76. The summed E-state index contributed by atoms with van der Waals surface area (Å²) in [7, 11) is -3.10. The number of carboxylic acid groups (broad SMARTS) is 1. The summed E-state index contributed by atoms with van der Waals surface area (Å²) in [6, 6.07) is 0. The smallest absolute Gasteiger partial charge is 0.311 e. The van der Waals surface area contributed by atoms with E-state index in [0.717, 1.165) is 25.7 Å². The van der Waals surface area contributed by atoms with Crippen molar-refractivity contribution >= 4 is 21.7 Å². The third-order valence-corrected chi connectivity index (χ3v) is 6.49. The number of carbonyl (C=O) groups excluding carboxylic acids is 1. The van der Waals surface area contributed by atoms with E-state index < -0.39 is 27.1 Å². The summed E-state index contributed by atoms with van der Waals surface area (Å²) in [4.78, 5) is 23.7. The molecule has 1 unspecified atom stereocenters. The molecule has 0 aromatic rings. The number of hydrogen-bond donors (Lipinski definition) is 2. The van der Waals surface area contributed by atoms with Crippen molar-refractivity contribution in [1.29, 1.82) is 0 Å². The molecule has 6 nitrogen and oxygen atoms in total. The summed E-state index contributed by atoms with van der Waals surface area (Å²) in [6.07, 6.45) is 5.28. The molecule has 1 heterocycles. The molecule has 1 saturated carbocycles. The van der Waals surface area contributed by atoms with Gasteiger partial charge in [-0.3, -0.25) is 9.59 Å². The lowest BCUT2D eigenvalue weighted by Crippen LogP contribution is -2.44. The zero-order valence-electron chi connectivity index (χ0n) is 12.1. The summed E-state index contributed by atoms with van der Waals surface area (Å²) < 4.78 is 22.8. The predicted molar refractivity (Wildman–Crippen MR) is 77.5 cm³/mol. The molecule has 0 aromatic carbocycles. The van der Waals surface area contributed by atoms with Gasteiger partial charge in [-0.1, -0.05) is 25.7 Å². The van der Waals surface area contributed by atoms with E-state index in [1.54, 1.807) is 0 Å². The molecule has 0 spiro atoms. The van der Waals surface area contributed by atoms with Crippen LogP contribution in [0.4, 0.5) is 0 Å². The molecule has 1 aliphatic heterocycles. The minimum absolute atomic E-state index is 0.0508. The lowest BCUT2D eigenvalue weighted by molar-refractivity contribution is -0.150. The van der Waals surface area contributed by atoms with Crippen LogP contribution in [-0.2, 0) is 19.4 Å². The quantitative estimate of drug-likeness (QED) is 0.752. The fourth-order valence-electron chi connectivity index (χ4n) is 3.27. The van der Waals surface area contributed by atoms with Gasteiger partial charge in [-0.15, -0.1) is 0 Å². The molecule has 0 radical (unpaired) electrons. The van der Waals surface area contributed by atoms with Gasteiger partial charge in [0, 0.05) is 6.54 Å². The van der Waals surface area contributed by atoms with Crippen molar-refractivity contribution in [3.8, 4) is 0 Å². The average Bonchev–Trinajstić information content (AvgIpc) is 2.64. The molecule has 2 aliphatic rings. The molecule has 2 fully saturated rings. The van der Waals surface area contributed by atoms with E-state index in [1.165, 1.54) is 0 Å². The topological polar surface area (TPSA) is 101 Å². The van der Waals surface area contributed by atoms with Crippen LogP contribution in [0.15, 0.2) is 0 Å². The fourth-order valence-corrected chi connectivity index (χ4v) is 5.02. The monoisotopic (exact) mass is 317 g/mol. The maximum absolute atomic E-state index is 12.1. The van der Waals surface area contributed by atoms with Crippen molar-refractivity contribution in [3.63, 3.8) is 0 Å². The number of hydrogen-bond acceptors (Lipinski definition) is 4. The van der Waals surface area contributed by atoms with Crippen LogP contribution < -0.4 is 5.32 Å². The molecule has 120 valence electrons. The second-order valence-corrected chi connectivity index (χ2v) is 8.55. The molecule has 0 aromatic heterocycles. The van der Waals surface area contributed by atoms with Crippen LogP contribution in [0.1, 0.15) is 44.9 Å². The molecule has 0 bridgehead atoms. The third kappa shape index (κ3) is 3.96. The summed E-state index contributed by atoms with van der Waals surface area (Å²) >= 11 is 0. The highest BCUT2D eigenvalue weighted by Crippen LogP contribution is 2.35. The molecule has 1 atom stereocenters. The Kier molecular flexibility index (Phi) is 4.91. The van der Waals surface area contributed by atoms with Crippen LogP contribution in [0, 0.1) is 11.3 Å². The number of amides is 1. The molecule has 1 saturated heterocycles. The summed E-state index contributed by atoms with van der Waals surface area (Å²) in [5.41, 5.74) is -0.885. The SMILES string of the molecule is O=C(NCC1(C(=O)O)CCCCCC1)C1CCS(=O)(=O)C1. The number of nitrogens with one attached hydrogen (secondary N) is 1. The van der Waals surface area contributed by atoms with Crippen LogP contribution in [0.2, 0.25) is 0 Å². The lowest BCUT2D eigenvalue weighted by atomic mass is 9.80. The number of carbonyl (C=O) groups is 2. The van der Waals surface area contributed by atoms with Gasteiger partial charge in [0.15, 0.2) is 9.84 Å². The zero-order valence-corrected chi connectivity index (χ0v) is 13.0. The first-order chi connectivity index (χ1) is 9.85. The Morgan fingerprint density at radius 3 is 2.24 bits per heavy atom. The first-order valence-corrected chi connectivity index (χ1v) is 9.38. The normalized spacial score (nSPS) is 27.7. The molecule has 2 N–H and O–H groups in total. The van der Waals surface area contributed by atoms with E-state index >= 15 is 0 Å². The molecule has 1 amide bonds.